The molecule has 3 nitrogen and oxygen atoms in total. The van der Waals surface area contributed by atoms with E-state index in [1.54, 1.807) is 0 Å². The highest BCUT2D eigenvalue weighted by Gasteiger charge is 2.24. The lowest BCUT2D eigenvalue weighted by Gasteiger charge is -2.24. The molecule has 26 heavy (non-hydrogen) atoms. The van der Waals surface area contributed by atoms with Gasteiger partial charge in [0.1, 0.15) is 5.75 Å². The van der Waals surface area contributed by atoms with E-state index >= 15 is 0 Å². The second kappa shape index (κ2) is 8.88. The van der Waals surface area contributed by atoms with E-state index in [0.29, 0.717) is 12.2 Å². The molecule has 0 heterocycles. The van der Waals surface area contributed by atoms with Crippen LogP contribution in [0.1, 0.15) is 57.2 Å². The highest BCUT2D eigenvalue weighted by atomic mass is 16.5. The third-order valence-electron chi connectivity index (χ3n) is 4.50. The molecule has 0 aliphatic rings. The van der Waals surface area contributed by atoms with Gasteiger partial charge < -0.3 is 9.84 Å². The molecular formula is C23H30O3. The summed E-state index contributed by atoms with van der Waals surface area (Å²) in [5.74, 6) is -0.296. The van der Waals surface area contributed by atoms with Crippen LogP contribution in [0.25, 0.3) is 0 Å². The lowest BCUT2D eigenvalue weighted by Crippen LogP contribution is -2.30. The SMILES string of the molecule is CCCCc1ccc(C[C@H](Oc2ccccc2C(C)(C)C)C(=O)O)cc1. The molecule has 2 aromatic carbocycles. The predicted molar refractivity (Wildman–Crippen MR) is 106 cm³/mol. The van der Waals surface area contributed by atoms with E-state index < -0.39 is 12.1 Å². The van der Waals surface area contributed by atoms with Crippen molar-refractivity contribution in [1.82, 2.24) is 0 Å². The highest BCUT2D eigenvalue weighted by molar-refractivity contribution is 5.73. The first-order valence-corrected chi connectivity index (χ1v) is 9.38. The van der Waals surface area contributed by atoms with Crippen LogP contribution in [0.4, 0.5) is 0 Å². The van der Waals surface area contributed by atoms with Gasteiger partial charge in [-0.25, -0.2) is 4.79 Å². The van der Waals surface area contributed by atoms with Crippen molar-refractivity contribution in [3.8, 4) is 5.75 Å². The van der Waals surface area contributed by atoms with Crippen molar-refractivity contribution < 1.29 is 14.6 Å². The van der Waals surface area contributed by atoms with Crippen molar-refractivity contribution >= 4 is 5.97 Å². The topological polar surface area (TPSA) is 46.5 Å². The Hall–Kier alpha value is -2.29. The first-order chi connectivity index (χ1) is 12.3. The van der Waals surface area contributed by atoms with Crippen molar-refractivity contribution in [3.05, 3.63) is 65.2 Å². The van der Waals surface area contributed by atoms with Crippen LogP contribution in [0, 0.1) is 0 Å². The van der Waals surface area contributed by atoms with Crippen LogP contribution in [-0.2, 0) is 23.1 Å². The zero-order valence-electron chi connectivity index (χ0n) is 16.3. The van der Waals surface area contributed by atoms with Crippen molar-refractivity contribution in [1.29, 1.82) is 0 Å². The minimum atomic E-state index is -0.941. The Labute approximate surface area is 157 Å². The van der Waals surface area contributed by atoms with Crippen molar-refractivity contribution in [2.45, 2.75) is 64.9 Å². The number of ether oxygens (including phenoxy) is 1. The minimum Gasteiger partial charge on any atom is -0.478 e. The summed E-state index contributed by atoms with van der Waals surface area (Å²) in [6.07, 6.45) is 2.85. The molecule has 0 aromatic heterocycles. The van der Waals surface area contributed by atoms with Crippen LogP contribution >= 0.6 is 0 Å². The molecular weight excluding hydrogens is 324 g/mol. The third kappa shape index (κ3) is 5.62. The van der Waals surface area contributed by atoms with Gasteiger partial charge in [-0.15, -0.1) is 0 Å². The number of carbonyl (C=O) groups is 1. The number of aliphatic carboxylic acids is 1. The van der Waals surface area contributed by atoms with Crippen LogP contribution in [0.15, 0.2) is 48.5 Å². The number of carboxylic acid groups (broad SMARTS) is 1. The molecule has 2 aromatic rings. The summed E-state index contributed by atoms with van der Waals surface area (Å²) >= 11 is 0. The molecule has 0 radical (unpaired) electrons. The molecule has 0 unspecified atom stereocenters. The van der Waals surface area contributed by atoms with E-state index in [0.717, 1.165) is 17.5 Å². The number of benzene rings is 2. The molecule has 0 aliphatic heterocycles. The number of carboxylic acids is 1. The standard InChI is InChI=1S/C23H30O3/c1-5-6-9-17-12-14-18(15-13-17)16-21(22(24)25)26-20-11-8-7-10-19(20)23(2,3)4/h7-8,10-15,21H,5-6,9,16H2,1-4H3,(H,24,25)/t21-/m0/s1. The molecule has 3 heteroatoms. The first-order valence-electron chi connectivity index (χ1n) is 9.38. The second-order valence-corrected chi connectivity index (χ2v) is 7.82. The minimum absolute atomic E-state index is 0.111. The van der Waals surface area contributed by atoms with Gasteiger partial charge in [0.05, 0.1) is 0 Å². The van der Waals surface area contributed by atoms with Crippen molar-refractivity contribution in [3.63, 3.8) is 0 Å². The Kier molecular flexibility index (Phi) is 6.84. The maximum Gasteiger partial charge on any atom is 0.345 e. The highest BCUT2D eigenvalue weighted by Crippen LogP contribution is 2.32. The van der Waals surface area contributed by atoms with Crippen molar-refractivity contribution in [2.24, 2.45) is 0 Å². The average Bonchev–Trinajstić information content (AvgIpc) is 2.60. The summed E-state index contributed by atoms with van der Waals surface area (Å²) in [4.78, 5) is 11.8. The van der Waals surface area contributed by atoms with Gasteiger partial charge in [0.15, 0.2) is 6.10 Å². The Balaban J connectivity index is 2.14. The zero-order valence-corrected chi connectivity index (χ0v) is 16.3. The quantitative estimate of drug-likeness (QED) is 0.690. The van der Waals surface area contributed by atoms with E-state index in [1.807, 2.05) is 36.4 Å². The molecule has 0 spiro atoms. The molecule has 0 fully saturated rings. The number of hydrogen-bond donors (Lipinski definition) is 1. The molecule has 0 saturated carbocycles. The number of aryl methyl sites for hydroxylation is 1. The molecule has 0 bridgehead atoms. The number of unbranched alkanes of at least 4 members (excludes halogenated alkanes) is 1. The second-order valence-electron chi connectivity index (χ2n) is 7.82. The third-order valence-corrected chi connectivity index (χ3v) is 4.50. The predicted octanol–water partition coefficient (Wildman–Crippen LogP) is 5.40. The summed E-state index contributed by atoms with van der Waals surface area (Å²) in [5.41, 5.74) is 3.18. The molecule has 140 valence electrons. The van der Waals surface area contributed by atoms with E-state index in [1.165, 1.54) is 18.4 Å². The summed E-state index contributed by atoms with van der Waals surface area (Å²) in [5, 5.41) is 9.64. The van der Waals surface area contributed by atoms with E-state index in [9.17, 15) is 9.90 Å². The molecule has 0 saturated heterocycles. The van der Waals surface area contributed by atoms with Gasteiger partial charge in [-0.2, -0.15) is 0 Å². The normalized spacial score (nSPS) is 12.6. The fraction of sp³-hybridized carbons (Fsp3) is 0.435. The Morgan fingerprint density at radius 1 is 1.04 bits per heavy atom. The Morgan fingerprint density at radius 3 is 2.23 bits per heavy atom. The van der Waals surface area contributed by atoms with Gasteiger partial charge in [-0.1, -0.05) is 76.6 Å². The van der Waals surface area contributed by atoms with Crippen LogP contribution in [0.5, 0.6) is 5.75 Å². The smallest absolute Gasteiger partial charge is 0.345 e. The van der Waals surface area contributed by atoms with Crippen LogP contribution < -0.4 is 4.74 Å². The van der Waals surface area contributed by atoms with Gasteiger partial charge in [-0.3, -0.25) is 0 Å². The lowest BCUT2D eigenvalue weighted by molar-refractivity contribution is -0.145. The van der Waals surface area contributed by atoms with Crippen LogP contribution in [0.3, 0.4) is 0 Å². The zero-order chi connectivity index (χ0) is 19.2. The molecule has 0 aliphatic carbocycles. The van der Waals surface area contributed by atoms with Gasteiger partial charge >= 0.3 is 5.97 Å². The van der Waals surface area contributed by atoms with Gasteiger partial charge in [0, 0.05) is 6.42 Å². The summed E-state index contributed by atoms with van der Waals surface area (Å²) in [6.45, 7) is 8.47. The fourth-order valence-corrected chi connectivity index (χ4v) is 2.96. The molecule has 2 rings (SSSR count). The summed E-state index contributed by atoms with van der Waals surface area (Å²) < 4.78 is 5.93. The number of hydrogen-bond acceptors (Lipinski definition) is 2. The molecule has 1 N–H and O–H groups in total. The van der Waals surface area contributed by atoms with Gasteiger partial charge in [0.2, 0.25) is 0 Å². The van der Waals surface area contributed by atoms with E-state index in [-0.39, 0.29) is 5.41 Å². The lowest BCUT2D eigenvalue weighted by atomic mass is 9.86. The van der Waals surface area contributed by atoms with E-state index in [2.05, 4.69) is 39.8 Å². The van der Waals surface area contributed by atoms with Crippen molar-refractivity contribution in [2.75, 3.05) is 0 Å². The monoisotopic (exact) mass is 354 g/mol. The first kappa shape index (κ1) is 20.0. The average molecular weight is 354 g/mol. The largest absolute Gasteiger partial charge is 0.478 e. The number of rotatable bonds is 8. The Bertz CT molecular complexity index is 711. The van der Waals surface area contributed by atoms with Crippen LogP contribution in [-0.4, -0.2) is 17.2 Å². The summed E-state index contributed by atoms with van der Waals surface area (Å²) in [6, 6.07) is 15.9. The Morgan fingerprint density at radius 2 is 1.65 bits per heavy atom. The van der Waals surface area contributed by atoms with Gasteiger partial charge in [0.25, 0.3) is 0 Å². The van der Waals surface area contributed by atoms with Gasteiger partial charge in [-0.05, 0) is 41.0 Å². The number of para-hydroxylation sites is 1. The fourth-order valence-electron chi connectivity index (χ4n) is 2.96. The van der Waals surface area contributed by atoms with E-state index in [4.69, 9.17) is 4.74 Å². The van der Waals surface area contributed by atoms with Crippen LogP contribution in [0.2, 0.25) is 0 Å². The maximum absolute atomic E-state index is 11.8. The molecule has 0 amide bonds. The summed E-state index contributed by atoms with van der Waals surface area (Å²) in [7, 11) is 0. The molecule has 1 atom stereocenters. The maximum atomic E-state index is 11.8.